The highest BCUT2D eigenvalue weighted by atomic mass is 19.4. The first-order valence-electron chi connectivity index (χ1n) is 9.18. The number of rotatable bonds is 5. The topological polar surface area (TPSA) is 88.3 Å². The van der Waals surface area contributed by atoms with Crippen molar-refractivity contribution in [3.05, 3.63) is 53.7 Å². The van der Waals surface area contributed by atoms with E-state index in [1.54, 1.807) is 12.1 Å². The van der Waals surface area contributed by atoms with Crippen LogP contribution in [0.1, 0.15) is 24.0 Å². The molecule has 1 atom stereocenters. The number of alkyl halides is 3. The minimum Gasteiger partial charge on any atom is -0.369 e. The maximum Gasteiger partial charge on any atom is 0.416 e. The lowest BCUT2D eigenvalue weighted by Gasteiger charge is -2.32. The predicted octanol–water partition coefficient (Wildman–Crippen LogP) is 2.98. The van der Waals surface area contributed by atoms with Crippen LogP contribution in [0.15, 0.2) is 42.6 Å². The molecule has 9 heteroatoms. The van der Waals surface area contributed by atoms with Gasteiger partial charge in [-0.1, -0.05) is 12.1 Å². The number of carbonyl (C=O) groups excluding carboxylic acids is 2. The Morgan fingerprint density at radius 3 is 2.48 bits per heavy atom. The quantitative estimate of drug-likeness (QED) is 0.799. The van der Waals surface area contributed by atoms with Gasteiger partial charge in [-0.3, -0.25) is 9.59 Å². The number of primary amides is 1. The first-order valence-corrected chi connectivity index (χ1v) is 9.18. The maximum absolute atomic E-state index is 12.6. The zero-order valence-electron chi connectivity index (χ0n) is 15.6. The molecule has 0 saturated carbocycles. The number of nitrogens with one attached hydrogen (secondary N) is 1. The third kappa shape index (κ3) is 5.46. The molecule has 1 fully saturated rings. The van der Waals surface area contributed by atoms with Crippen molar-refractivity contribution in [2.45, 2.75) is 25.4 Å². The first kappa shape index (κ1) is 20.6. The molecule has 1 aliphatic rings. The lowest BCUT2D eigenvalue weighted by Crippen LogP contribution is -2.41. The molecule has 3 N–H and O–H groups in total. The van der Waals surface area contributed by atoms with Crippen LogP contribution in [0.3, 0.4) is 0 Å². The molecule has 2 aromatic rings. The van der Waals surface area contributed by atoms with E-state index in [0.717, 1.165) is 31.5 Å². The normalized spacial score (nSPS) is 17.1. The summed E-state index contributed by atoms with van der Waals surface area (Å²) in [7, 11) is 0. The van der Waals surface area contributed by atoms with Gasteiger partial charge in [-0.25, -0.2) is 4.98 Å². The number of hydrogen-bond acceptors (Lipinski definition) is 4. The van der Waals surface area contributed by atoms with Crippen molar-refractivity contribution in [1.82, 2.24) is 4.98 Å². The molecule has 1 aromatic heterocycles. The van der Waals surface area contributed by atoms with Crippen LogP contribution in [0.5, 0.6) is 0 Å². The van der Waals surface area contributed by atoms with E-state index >= 15 is 0 Å². The van der Waals surface area contributed by atoms with Gasteiger partial charge in [-0.2, -0.15) is 13.2 Å². The number of nitrogens with two attached hydrogens (primary N) is 1. The average molecular weight is 406 g/mol. The van der Waals surface area contributed by atoms with Crippen LogP contribution >= 0.6 is 0 Å². The first-order chi connectivity index (χ1) is 13.7. The van der Waals surface area contributed by atoms with Crippen molar-refractivity contribution in [2.24, 2.45) is 11.7 Å². The van der Waals surface area contributed by atoms with Crippen LogP contribution in [-0.4, -0.2) is 29.9 Å². The van der Waals surface area contributed by atoms with Gasteiger partial charge in [0.25, 0.3) is 0 Å². The lowest BCUT2D eigenvalue weighted by atomic mass is 9.97. The van der Waals surface area contributed by atoms with Gasteiger partial charge in [-0.15, -0.1) is 0 Å². The average Bonchev–Trinajstić information content (AvgIpc) is 2.68. The number of benzene rings is 1. The SMILES string of the molecule is NC(=O)C1CCCN(c2ccc(NC(=O)Cc3ccc(C(F)(F)F)cc3)cn2)C1. The summed E-state index contributed by atoms with van der Waals surface area (Å²) in [6.45, 7) is 1.29. The second-order valence-corrected chi connectivity index (χ2v) is 7.01. The van der Waals surface area contributed by atoms with Crippen molar-refractivity contribution in [3.63, 3.8) is 0 Å². The Hall–Kier alpha value is -3.10. The van der Waals surface area contributed by atoms with Gasteiger partial charge in [0.05, 0.1) is 29.8 Å². The van der Waals surface area contributed by atoms with Gasteiger partial charge in [0, 0.05) is 13.1 Å². The van der Waals surface area contributed by atoms with Crippen LogP contribution in [-0.2, 0) is 22.2 Å². The van der Waals surface area contributed by atoms with Crippen molar-refractivity contribution in [2.75, 3.05) is 23.3 Å². The zero-order valence-corrected chi connectivity index (χ0v) is 15.6. The molecule has 0 aliphatic carbocycles. The van der Waals surface area contributed by atoms with Gasteiger partial charge < -0.3 is 16.0 Å². The van der Waals surface area contributed by atoms with Gasteiger partial charge in [-0.05, 0) is 42.7 Å². The van der Waals surface area contributed by atoms with E-state index in [9.17, 15) is 22.8 Å². The molecular formula is C20H21F3N4O2. The second-order valence-electron chi connectivity index (χ2n) is 7.01. The van der Waals surface area contributed by atoms with Crippen molar-refractivity contribution in [1.29, 1.82) is 0 Å². The zero-order chi connectivity index (χ0) is 21.0. The standard InChI is InChI=1S/C20H21F3N4O2/c21-20(22,23)15-5-3-13(4-6-15)10-18(28)26-16-7-8-17(25-11-16)27-9-1-2-14(12-27)19(24)29/h3-8,11,14H,1-2,9-10,12H2,(H2,24,29)(H,26,28). The Morgan fingerprint density at radius 2 is 1.90 bits per heavy atom. The Bertz CT molecular complexity index is 867. The summed E-state index contributed by atoms with van der Waals surface area (Å²) in [4.78, 5) is 29.8. The highest BCUT2D eigenvalue weighted by Gasteiger charge is 2.30. The van der Waals surface area contributed by atoms with E-state index in [0.29, 0.717) is 23.6 Å². The molecule has 154 valence electrons. The smallest absolute Gasteiger partial charge is 0.369 e. The van der Waals surface area contributed by atoms with E-state index in [-0.39, 0.29) is 24.2 Å². The van der Waals surface area contributed by atoms with Gasteiger partial charge >= 0.3 is 6.18 Å². The number of hydrogen-bond donors (Lipinski definition) is 2. The third-order valence-corrected chi connectivity index (χ3v) is 4.83. The number of piperidine rings is 1. The second kappa shape index (κ2) is 8.50. The number of nitrogens with zero attached hydrogens (tertiary/aromatic N) is 2. The summed E-state index contributed by atoms with van der Waals surface area (Å²) in [5, 5.41) is 2.68. The fourth-order valence-electron chi connectivity index (χ4n) is 3.27. The Kier molecular flexibility index (Phi) is 6.05. The molecule has 0 radical (unpaired) electrons. The van der Waals surface area contributed by atoms with Crippen LogP contribution in [0.25, 0.3) is 0 Å². The summed E-state index contributed by atoms with van der Waals surface area (Å²) in [5.74, 6) is -0.182. The molecule has 1 saturated heterocycles. The fourth-order valence-corrected chi connectivity index (χ4v) is 3.27. The maximum atomic E-state index is 12.6. The van der Waals surface area contributed by atoms with E-state index < -0.39 is 11.7 Å². The van der Waals surface area contributed by atoms with Gasteiger partial charge in [0.1, 0.15) is 5.82 Å². The molecule has 0 bridgehead atoms. The molecule has 1 aromatic carbocycles. The molecule has 29 heavy (non-hydrogen) atoms. The number of aromatic nitrogens is 1. The number of amides is 2. The summed E-state index contributed by atoms with van der Waals surface area (Å²) in [6, 6.07) is 7.93. The van der Waals surface area contributed by atoms with E-state index in [2.05, 4.69) is 10.3 Å². The number of pyridine rings is 1. The van der Waals surface area contributed by atoms with Gasteiger partial charge in [0.2, 0.25) is 11.8 Å². The van der Waals surface area contributed by atoms with Crippen molar-refractivity contribution in [3.8, 4) is 0 Å². The highest BCUT2D eigenvalue weighted by Crippen LogP contribution is 2.29. The fraction of sp³-hybridized carbons (Fsp3) is 0.350. The number of carbonyl (C=O) groups is 2. The summed E-state index contributed by atoms with van der Waals surface area (Å²) in [6.07, 6.45) is -1.33. The summed E-state index contributed by atoms with van der Waals surface area (Å²) in [5.41, 5.74) is 5.60. The van der Waals surface area contributed by atoms with E-state index in [1.807, 2.05) is 4.90 Å². The molecule has 1 unspecified atom stereocenters. The number of anilines is 2. The largest absolute Gasteiger partial charge is 0.416 e. The molecule has 6 nitrogen and oxygen atoms in total. The monoisotopic (exact) mass is 406 g/mol. The highest BCUT2D eigenvalue weighted by molar-refractivity contribution is 5.92. The summed E-state index contributed by atoms with van der Waals surface area (Å²) >= 11 is 0. The van der Waals surface area contributed by atoms with Crippen LogP contribution in [0, 0.1) is 5.92 Å². The molecule has 3 rings (SSSR count). The molecule has 2 heterocycles. The molecular weight excluding hydrogens is 385 g/mol. The predicted molar refractivity (Wildman–Crippen MR) is 102 cm³/mol. The molecule has 1 aliphatic heterocycles. The van der Waals surface area contributed by atoms with Crippen LogP contribution in [0.4, 0.5) is 24.7 Å². The minimum absolute atomic E-state index is 0.0493. The Balaban J connectivity index is 1.56. The molecule has 2 amide bonds. The number of halogens is 3. The van der Waals surface area contributed by atoms with E-state index in [4.69, 9.17) is 5.73 Å². The van der Waals surface area contributed by atoms with Gasteiger partial charge in [0.15, 0.2) is 0 Å². The van der Waals surface area contributed by atoms with E-state index in [1.165, 1.54) is 18.3 Å². The van der Waals surface area contributed by atoms with Crippen LogP contribution in [0.2, 0.25) is 0 Å². The van der Waals surface area contributed by atoms with Crippen molar-refractivity contribution < 1.29 is 22.8 Å². The lowest BCUT2D eigenvalue weighted by molar-refractivity contribution is -0.137. The third-order valence-electron chi connectivity index (χ3n) is 4.83. The van der Waals surface area contributed by atoms with Crippen molar-refractivity contribution >= 4 is 23.3 Å². The molecule has 0 spiro atoms. The minimum atomic E-state index is -4.40. The Morgan fingerprint density at radius 1 is 1.17 bits per heavy atom. The summed E-state index contributed by atoms with van der Waals surface area (Å²) < 4.78 is 37.8. The Labute approximate surface area is 165 Å². The van der Waals surface area contributed by atoms with Crippen LogP contribution < -0.4 is 16.0 Å².